The fraction of sp³-hybridized carbons (Fsp3) is 0.0400. The van der Waals surface area contributed by atoms with Crippen molar-refractivity contribution >= 4 is 44.7 Å². The Morgan fingerprint density at radius 2 is 1.16 bits per heavy atom. The number of alkyl halides is 3. The number of benzene rings is 4. The predicted octanol–water partition coefficient (Wildman–Crippen LogP) is 7.29. The Morgan fingerprint density at radius 1 is 0.625 bits per heavy atom. The minimum absolute atomic E-state index is 0.0667. The highest BCUT2D eigenvalue weighted by molar-refractivity contribution is 5.96. The number of hydrogen-bond acceptors (Lipinski definition) is 4. The second-order valence-electron chi connectivity index (χ2n) is 7.26. The molecule has 5 aromatic rings. The molecule has 0 aliphatic carbocycles. The average molecular weight is 430 g/mol. The molecule has 0 saturated carbocycles. The highest BCUT2D eigenvalue weighted by Crippen LogP contribution is 2.37. The summed E-state index contributed by atoms with van der Waals surface area (Å²) in [5.74, 6) is -0.247. The van der Waals surface area contributed by atoms with Crippen LogP contribution in [0.5, 0.6) is 0 Å². The molecule has 0 spiro atoms. The van der Waals surface area contributed by atoms with Crippen LogP contribution in [0.2, 0.25) is 0 Å². The Balaban J connectivity index is 1.57. The van der Waals surface area contributed by atoms with E-state index in [2.05, 4.69) is 20.6 Å². The third-order valence-electron chi connectivity index (χ3n) is 5.17. The molecule has 1 aromatic heterocycles. The zero-order valence-corrected chi connectivity index (χ0v) is 16.7. The molecule has 158 valence electrons. The molecule has 4 aromatic carbocycles. The van der Waals surface area contributed by atoms with E-state index in [0.29, 0.717) is 11.4 Å². The van der Waals surface area contributed by atoms with Gasteiger partial charge in [-0.05, 0) is 22.9 Å². The Hall–Kier alpha value is -4.13. The molecule has 32 heavy (non-hydrogen) atoms. The molecular formula is C25H17F3N4. The lowest BCUT2D eigenvalue weighted by atomic mass is 10.1. The first kappa shape index (κ1) is 19.8. The molecule has 0 fully saturated rings. The summed E-state index contributed by atoms with van der Waals surface area (Å²) in [5.41, 5.74) is 0.302. The zero-order chi connectivity index (χ0) is 22.1. The van der Waals surface area contributed by atoms with Gasteiger partial charge in [0.25, 0.3) is 0 Å². The van der Waals surface area contributed by atoms with Crippen LogP contribution in [0.4, 0.5) is 36.3 Å². The van der Waals surface area contributed by atoms with Gasteiger partial charge in [0.05, 0.1) is 0 Å². The number of fused-ring (bicyclic) bond motifs is 2. The lowest BCUT2D eigenvalue weighted by molar-refractivity contribution is -0.137. The highest BCUT2D eigenvalue weighted by Gasteiger charge is 2.35. The van der Waals surface area contributed by atoms with Gasteiger partial charge in [0.1, 0.15) is 11.4 Å². The van der Waals surface area contributed by atoms with Gasteiger partial charge in [-0.25, -0.2) is 4.98 Å². The van der Waals surface area contributed by atoms with Crippen molar-refractivity contribution in [3.8, 4) is 0 Å². The fourth-order valence-electron chi connectivity index (χ4n) is 3.66. The summed E-state index contributed by atoms with van der Waals surface area (Å²) in [6, 6.07) is 26.2. The van der Waals surface area contributed by atoms with E-state index in [1.807, 2.05) is 72.8 Å². The molecule has 0 atom stereocenters. The molecule has 0 saturated heterocycles. The molecule has 5 rings (SSSR count). The minimum atomic E-state index is -4.61. The fourth-order valence-corrected chi connectivity index (χ4v) is 3.66. The van der Waals surface area contributed by atoms with Crippen molar-refractivity contribution in [2.75, 3.05) is 10.6 Å². The van der Waals surface area contributed by atoms with Gasteiger partial charge in [0.15, 0.2) is 0 Å². The molecule has 4 nitrogen and oxygen atoms in total. The minimum Gasteiger partial charge on any atom is -0.339 e. The summed E-state index contributed by atoms with van der Waals surface area (Å²) in [6.45, 7) is 0. The van der Waals surface area contributed by atoms with Gasteiger partial charge in [0, 0.05) is 28.3 Å². The van der Waals surface area contributed by atoms with Crippen LogP contribution in [0, 0.1) is 0 Å². The van der Waals surface area contributed by atoms with Gasteiger partial charge in [-0.2, -0.15) is 18.2 Å². The van der Waals surface area contributed by atoms with Crippen molar-refractivity contribution in [1.82, 2.24) is 9.97 Å². The maximum Gasteiger partial charge on any atom is 0.421 e. The number of hydrogen-bond donors (Lipinski definition) is 2. The second-order valence-corrected chi connectivity index (χ2v) is 7.26. The topological polar surface area (TPSA) is 49.8 Å². The van der Waals surface area contributed by atoms with E-state index < -0.39 is 11.7 Å². The summed E-state index contributed by atoms with van der Waals surface area (Å²) in [5, 5.41) is 9.56. The van der Waals surface area contributed by atoms with Gasteiger partial charge in [-0.1, -0.05) is 72.8 Å². The van der Waals surface area contributed by atoms with Crippen LogP contribution < -0.4 is 10.6 Å². The van der Waals surface area contributed by atoms with Crippen LogP contribution >= 0.6 is 0 Å². The van der Waals surface area contributed by atoms with E-state index in [-0.39, 0.29) is 11.8 Å². The van der Waals surface area contributed by atoms with E-state index in [9.17, 15) is 13.2 Å². The molecule has 0 amide bonds. The van der Waals surface area contributed by atoms with E-state index >= 15 is 0 Å². The van der Waals surface area contributed by atoms with E-state index in [1.54, 1.807) is 12.1 Å². The number of rotatable bonds is 4. The molecule has 1 heterocycles. The van der Waals surface area contributed by atoms with Crippen LogP contribution in [0.3, 0.4) is 0 Å². The third kappa shape index (κ3) is 3.80. The number of nitrogens with zero attached hydrogens (tertiary/aromatic N) is 2. The molecule has 0 unspecified atom stereocenters. The monoisotopic (exact) mass is 430 g/mol. The number of nitrogens with one attached hydrogen (secondary N) is 2. The van der Waals surface area contributed by atoms with Crippen molar-refractivity contribution in [1.29, 1.82) is 0 Å². The Bertz CT molecular complexity index is 1420. The van der Waals surface area contributed by atoms with E-state index in [0.717, 1.165) is 27.7 Å². The Kier molecular flexibility index (Phi) is 4.86. The molecule has 0 aliphatic heterocycles. The zero-order valence-electron chi connectivity index (χ0n) is 16.7. The van der Waals surface area contributed by atoms with Crippen molar-refractivity contribution in [2.24, 2.45) is 0 Å². The van der Waals surface area contributed by atoms with E-state index in [4.69, 9.17) is 0 Å². The van der Waals surface area contributed by atoms with Crippen LogP contribution in [-0.4, -0.2) is 9.97 Å². The number of anilines is 4. The maximum absolute atomic E-state index is 13.7. The normalized spacial score (nSPS) is 11.6. The second kappa shape index (κ2) is 7.85. The maximum atomic E-state index is 13.7. The summed E-state index contributed by atoms with van der Waals surface area (Å²) in [7, 11) is 0. The molecule has 2 N–H and O–H groups in total. The Labute approximate surface area is 181 Å². The quantitative estimate of drug-likeness (QED) is 0.314. The van der Waals surface area contributed by atoms with Crippen LogP contribution in [0.1, 0.15) is 5.56 Å². The first-order valence-electron chi connectivity index (χ1n) is 9.93. The van der Waals surface area contributed by atoms with Crippen molar-refractivity contribution in [3.05, 3.63) is 96.7 Å². The van der Waals surface area contributed by atoms with Gasteiger partial charge in [-0.3, -0.25) is 0 Å². The first-order valence-corrected chi connectivity index (χ1v) is 9.93. The Morgan fingerprint density at radius 3 is 1.75 bits per heavy atom. The average Bonchev–Trinajstić information content (AvgIpc) is 2.79. The number of aromatic nitrogens is 2. The van der Waals surface area contributed by atoms with Crippen LogP contribution in [0.25, 0.3) is 21.5 Å². The molecule has 0 bridgehead atoms. The predicted molar refractivity (Wildman–Crippen MR) is 121 cm³/mol. The third-order valence-corrected chi connectivity index (χ3v) is 5.17. The largest absolute Gasteiger partial charge is 0.421 e. The highest BCUT2D eigenvalue weighted by atomic mass is 19.4. The van der Waals surface area contributed by atoms with E-state index in [1.165, 1.54) is 0 Å². The summed E-state index contributed by atoms with van der Waals surface area (Å²) in [4.78, 5) is 8.12. The lowest BCUT2D eigenvalue weighted by Crippen LogP contribution is -2.12. The molecule has 0 aliphatic rings. The van der Waals surface area contributed by atoms with Crippen LogP contribution in [-0.2, 0) is 6.18 Å². The summed E-state index contributed by atoms with van der Waals surface area (Å²) < 4.78 is 41.1. The van der Waals surface area contributed by atoms with Gasteiger partial charge in [0.2, 0.25) is 5.95 Å². The molecule has 0 radical (unpaired) electrons. The standard InChI is InChI=1S/C25H17F3N4/c26-25(27,28)20-15-29-24(31-22-14-6-10-17-8-2-4-12-19(17)22)32-23(20)30-21-13-5-9-16-7-1-3-11-18(16)21/h1-15H,(H2,29,30,31,32). The molecule has 7 heteroatoms. The van der Waals surface area contributed by atoms with Gasteiger partial charge < -0.3 is 10.6 Å². The summed E-state index contributed by atoms with van der Waals surface area (Å²) >= 11 is 0. The lowest BCUT2D eigenvalue weighted by Gasteiger charge is -2.16. The smallest absolute Gasteiger partial charge is 0.339 e. The molecular weight excluding hydrogens is 413 g/mol. The van der Waals surface area contributed by atoms with Gasteiger partial charge in [-0.15, -0.1) is 0 Å². The van der Waals surface area contributed by atoms with Gasteiger partial charge >= 0.3 is 6.18 Å². The van der Waals surface area contributed by atoms with Crippen molar-refractivity contribution in [3.63, 3.8) is 0 Å². The first-order chi connectivity index (χ1) is 15.5. The number of halogens is 3. The van der Waals surface area contributed by atoms with Crippen LogP contribution in [0.15, 0.2) is 91.1 Å². The summed E-state index contributed by atoms with van der Waals surface area (Å²) in [6.07, 6.45) is -3.81. The SMILES string of the molecule is FC(F)(F)c1cnc(Nc2cccc3ccccc23)nc1Nc1cccc2ccccc12. The van der Waals surface area contributed by atoms with Crippen molar-refractivity contribution < 1.29 is 13.2 Å². The van der Waals surface area contributed by atoms with Crippen molar-refractivity contribution in [2.45, 2.75) is 6.18 Å².